The van der Waals surface area contributed by atoms with E-state index in [-0.39, 0.29) is 31.1 Å². The fourth-order valence-corrected chi connectivity index (χ4v) is 9.03. The third-order valence-corrected chi connectivity index (χ3v) is 12.0. The number of ether oxygens (including phenoxy) is 8. The van der Waals surface area contributed by atoms with Crippen LogP contribution in [0.15, 0.2) is 121 Å². The molecular weight excluding hydrogens is 934 g/mol. The lowest BCUT2D eigenvalue weighted by atomic mass is 9.77. The van der Waals surface area contributed by atoms with Gasteiger partial charge in [0.2, 0.25) is 5.91 Å². The molecule has 2 fully saturated rings. The van der Waals surface area contributed by atoms with Crippen LogP contribution in [0.2, 0.25) is 0 Å². The lowest BCUT2D eigenvalue weighted by Gasteiger charge is -2.48. The SMILES string of the molecule is CC(=O)OC[C@H]1O[C@@H](c2cccc(-c3ccc([C@@H]4[C@@H](CC[C@H](OC(C)=O)c5ccc(F)cc5)C(=O)N4c4ccc(OC(C)=O)cc4)c(OCc4ccccc4)c3)c2)[C@H](OC(C)=O)[C@@H](OC(C)=O)[C@@H]1OC(C)=O. The zero-order chi connectivity index (χ0) is 51.6. The van der Waals surface area contributed by atoms with Crippen molar-refractivity contribution in [1.29, 1.82) is 0 Å². The van der Waals surface area contributed by atoms with Crippen molar-refractivity contribution < 1.29 is 75.8 Å². The molecule has 0 spiro atoms. The maximum atomic E-state index is 14.5. The average molecular weight is 988 g/mol. The Kier molecular flexibility index (Phi) is 16.8. The number of benzene rings is 5. The molecule has 5 aromatic rings. The first-order valence-electron chi connectivity index (χ1n) is 23.2. The smallest absolute Gasteiger partial charge is 0.308 e. The van der Waals surface area contributed by atoms with Gasteiger partial charge in [0.25, 0.3) is 0 Å². The largest absolute Gasteiger partial charge is 0.489 e. The number of rotatable bonds is 18. The van der Waals surface area contributed by atoms with Crippen molar-refractivity contribution in [2.45, 2.75) is 104 Å². The molecule has 0 bridgehead atoms. The van der Waals surface area contributed by atoms with E-state index in [2.05, 4.69) is 0 Å². The fraction of sp³-hybridized carbons (Fsp3) is 0.327. The van der Waals surface area contributed by atoms with Gasteiger partial charge in [-0.05, 0) is 89.2 Å². The van der Waals surface area contributed by atoms with Crippen molar-refractivity contribution in [2.75, 3.05) is 11.5 Å². The van der Waals surface area contributed by atoms with E-state index in [1.807, 2.05) is 54.6 Å². The Morgan fingerprint density at radius 1 is 0.653 bits per heavy atom. The van der Waals surface area contributed by atoms with Gasteiger partial charge < -0.3 is 42.8 Å². The number of carbonyl (C=O) groups excluding carboxylic acids is 7. The zero-order valence-electron chi connectivity index (χ0n) is 40.4. The van der Waals surface area contributed by atoms with E-state index in [0.29, 0.717) is 39.3 Å². The van der Waals surface area contributed by atoms with Crippen molar-refractivity contribution >= 4 is 47.4 Å². The first kappa shape index (κ1) is 51.9. The van der Waals surface area contributed by atoms with Crippen LogP contribution in [0, 0.1) is 11.7 Å². The molecule has 1 amide bonds. The van der Waals surface area contributed by atoms with Gasteiger partial charge in [0, 0.05) is 52.8 Å². The summed E-state index contributed by atoms with van der Waals surface area (Å²) in [6.07, 6.45) is -6.67. The van der Waals surface area contributed by atoms with Crippen LogP contribution in [0.3, 0.4) is 0 Å². The molecule has 0 radical (unpaired) electrons. The molecule has 17 heteroatoms. The third kappa shape index (κ3) is 12.9. The lowest BCUT2D eigenvalue weighted by molar-refractivity contribution is -0.254. The number of hydrogen-bond donors (Lipinski definition) is 0. The highest BCUT2D eigenvalue weighted by Crippen LogP contribution is 2.50. The molecule has 0 aromatic heterocycles. The molecule has 2 saturated heterocycles. The Balaban J connectivity index is 1.30. The van der Waals surface area contributed by atoms with Crippen molar-refractivity contribution in [3.63, 3.8) is 0 Å². The number of nitrogens with zero attached hydrogens (tertiary/aromatic N) is 1. The Bertz CT molecular complexity index is 2780. The monoisotopic (exact) mass is 987 g/mol. The predicted molar refractivity (Wildman–Crippen MR) is 255 cm³/mol. The highest BCUT2D eigenvalue weighted by Gasteiger charge is 2.53. The molecule has 0 unspecified atom stereocenters. The molecule has 7 rings (SSSR count). The van der Waals surface area contributed by atoms with E-state index in [1.54, 1.807) is 59.5 Å². The summed E-state index contributed by atoms with van der Waals surface area (Å²) in [5, 5.41) is 0. The van der Waals surface area contributed by atoms with Gasteiger partial charge in [-0.1, -0.05) is 72.8 Å². The Morgan fingerprint density at radius 2 is 1.31 bits per heavy atom. The van der Waals surface area contributed by atoms with Gasteiger partial charge >= 0.3 is 35.8 Å². The second-order valence-electron chi connectivity index (χ2n) is 17.3. The van der Waals surface area contributed by atoms with E-state index in [0.717, 1.165) is 19.4 Å². The normalized spacial score (nSPS) is 20.7. The van der Waals surface area contributed by atoms with Crippen LogP contribution in [0.4, 0.5) is 10.1 Å². The van der Waals surface area contributed by atoms with Crippen LogP contribution in [0.1, 0.15) is 94.9 Å². The van der Waals surface area contributed by atoms with Gasteiger partial charge in [0.1, 0.15) is 48.8 Å². The topological polar surface area (TPSA) is 197 Å². The summed E-state index contributed by atoms with van der Waals surface area (Å²) in [5.74, 6) is -4.57. The number of hydrogen-bond acceptors (Lipinski definition) is 15. The van der Waals surface area contributed by atoms with Crippen molar-refractivity contribution in [2.24, 2.45) is 5.92 Å². The van der Waals surface area contributed by atoms with E-state index in [9.17, 15) is 38.0 Å². The van der Waals surface area contributed by atoms with Crippen LogP contribution in [0.5, 0.6) is 11.5 Å². The summed E-state index contributed by atoms with van der Waals surface area (Å²) in [6, 6.07) is 33.7. The Morgan fingerprint density at radius 3 is 1.94 bits per heavy atom. The van der Waals surface area contributed by atoms with E-state index >= 15 is 0 Å². The number of amides is 1. The molecule has 16 nitrogen and oxygen atoms in total. The van der Waals surface area contributed by atoms with Gasteiger partial charge in [0.15, 0.2) is 18.3 Å². The maximum absolute atomic E-state index is 14.5. The molecule has 376 valence electrons. The summed E-state index contributed by atoms with van der Waals surface area (Å²) in [6.45, 7) is 6.98. The first-order chi connectivity index (χ1) is 34.4. The minimum Gasteiger partial charge on any atom is -0.489 e. The van der Waals surface area contributed by atoms with Crippen LogP contribution >= 0.6 is 0 Å². The summed E-state index contributed by atoms with van der Waals surface area (Å²) in [5.41, 5.74) is 4.33. The molecule has 72 heavy (non-hydrogen) atoms. The second-order valence-corrected chi connectivity index (χ2v) is 17.3. The zero-order valence-corrected chi connectivity index (χ0v) is 40.4. The Labute approximate surface area is 415 Å². The molecule has 8 atom stereocenters. The average Bonchev–Trinajstić information content (AvgIpc) is 3.33. The van der Waals surface area contributed by atoms with E-state index in [4.69, 9.17) is 37.9 Å². The summed E-state index contributed by atoms with van der Waals surface area (Å²) in [4.78, 5) is 89.8. The third-order valence-electron chi connectivity index (χ3n) is 12.0. The quantitative estimate of drug-likeness (QED) is 0.0350. The number of esters is 6. The predicted octanol–water partition coefficient (Wildman–Crippen LogP) is 8.58. The minimum absolute atomic E-state index is 0.142. The van der Waals surface area contributed by atoms with Gasteiger partial charge in [-0.3, -0.25) is 33.6 Å². The van der Waals surface area contributed by atoms with Gasteiger partial charge in [-0.25, -0.2) is 4.39 Å². The van der Waals surface area contributed by atoms with Crippen LogP contribution < -0.4 is 14.4 Å². The molecule has 5 aromatic carbocycles. The number of anilines is 1. The molecule has 2 aliphatic heterocycles. The summed E-state index contributed by atoms with van der Waals surface area (Å²) < 4.78 is 60.5. The maximum Gasteiger partial charge on any atom is 0.308 e. The molecule has 2 heterocycles. The first-order valence-corrected chi connectivity index (χ1v) is 23.2. The van der Waals surface area contributed by atoms with Gasteiger partial charge in [0.05, 0.1) is 12.0 Å². The second kappa shape index (κ2) is 23.3. The van der Waals surface area contributed by atoms with E-state index < -0.39 is 96.8 Å². The van der Waals surface area contributed by atoms with Gasteiger partial charge in [-0.15, -0.1) is 0 Å². The van der Waals surface area contributed by atoms with Gasteiger partial charge in [-0.2, -0.15) is 0 Å². The number of β-lactam (4-membered cyclic amide) rings is 1. The minimum atomic E-state index is -1.38. The molecule has 2 aliphatic rings. The van der Waals surface area contributed by atoms with E-state index in [1.165, 1.54) is 39.8 Å². The van der Waals surface area contributed by atoms with Crippen molar-refractivity contribution in [1.82, 2.24) is 0 Å². The van der Waals surface area contributed by atoms with Crippen LogP contribution in [-0.4, -0.2) is 72.7 Å². The number of halogens is 1. The highest BCUT2D eigenvalue weighted by atomic mass is 19.1. The summed E-state index contributed by atoms with van der Waals surface area (Å²) in [7, 11) is 0. The fourth-order valence-electron chi connectivity index (χ4n) is 9.03. The molecule has 0 aliphatic carbocycles. The molecular formula is C55H54FNO15. The van der Waals surface area contributed by atoms with Crippen LogP contribution in [-0.2, 0) is 68.6 Å². The van der Waals surface area contributed by atoms with Crippen molar-refractivity contribution in [3.05, 3.63) is 149 Å². The molecule has 0 N–H and O–H groups in total. The molecule has 0 saturated carbocycles. The Hall–Kier alpha value is -7.92. The summed E-state index contributed by atoms with van der Waals surface area (Å²) >= 11 is 0. The van der Waals surface area contributed by atoms with Crippen LogP contribution in [0.25, 0.3) is 11.1 Å². The van der Waals surface area contributed by atoms with Crippen molar-refractivity contribution in [3.8, 4) is 22.6 Å². The number of carbonyl (C=O) groups is 7. The highest BCUT2D eigenvalue weighted by molar-refractivity contribution is 6.03. The standard InChI is InChI=1S/C55H54FNO15/c1-31(58)65-30-49-52(69-34(4)61)54(71-36(6)63)53(70-35(5)62)51(72-49)41-14-10-13-39(27-41)40-17-24-45(48(28-40)66-29-37-11-8-7-9-12-37)50-46(25-26-47(68-33(3)60)38-15-18-42(56)19-16-38)55(64)57(50)43-20-22-44(23-21-43)67-32(2)59/h7-24,27-28,46-47,49-54H,25-26,29-30H2,1-6H3/t46-,47+,49-,50-,51+,52-,53+,54+/m1/s1. The lowest BCUT2D eigenvalue weighted by Crippen LogP contribution is -2.59.